The quantitative estimate of drug-likeness (QED) is 0.493. The highest BCUT2D eigenvalue weighted by Crippen LogP contribution is 2.06. The Morgan fingerprint density at radius 1 is 0.650 bits per heavy atom. The molecule has 4 nitrogen and oxygen atoms in total. The number of hydrogen-bond donors (Lipinski definition) is 4. The van der Waals surface area contributed by atoms with Crippen molar-refractivity contribution in [3.05, 3.63) is 59.7 Å². The summed E-state index contributed by atoms with van der Waals surface area (Å²) in [6, 6.07) is 14.6. The van der Waals surface area contributed by atoms with Gasteiger partial charge in [-0.1, -0.05) is 51.3 Å². The standard InChI is InChI=1S/2C7H8N2.2CH4/c2*8-5-6-3-1-2-4-7(6)9;;/h2*1-5,8H,9H2;2*1H4. The highest BCUT2D eigenvalue weighted by molar-refractivity contribution is 5.85. The lowest BCUT2D eigenvalue weighted by atomic mass is 10.2. The monoisotopic (exact) mass is 272 g/mol. The van der Waals surface area contributed by atoms with Crippen molar-refractivity contribution in [2.75, 3.05) is 11.5 Å². The SMILES string of the molecule is C.C.N=Cc1ccccc1N.N=Cc1ccccc1N. The van der Waals surface area contributed by atoms with Gasteiger partial charge in [0, 0.05) is 34.9 Å². The van der Waals surface area contributed by atoms with Crippen LogP contribution in [0.1, 0.15) is 26.0 Å². The second-order valence-corrected chi connectivity index (χ2v) is 3.55. The summed E-state index contributed by atoms with van der Waals surface area (Å²) < 4.78 is 0. The molecule has 0 heterocycles. The number of nitrogen functional groups attached to an aromatic ring is 2. The Morgan fingerprint density at radius 2 is 0.950 bits per heavy atom. The largest absolute Gasteiger partial charge is 0.398 e. The zero-order valence-electron chi connectivity index (χ0n) is 9.93. The molecule has 0 aliphatic carbocycles. The van der Waals surface area contributed by atoms with E-state index in [0.717, 1.165) is 11.1 Å². The van der Waals surface area contributed by atoms with E-state index in [9.17, 15) is 0 Å². The minimum Gasteiger partial charge on any atom is -0.398 e. The molecule has 0 saturated heterocycles. The third-order valence-corrected chi connectivity index (χ3v) is 2.30. The summed E-state index contributed by atoms with van der Waals surface area (Å²) in [5.74, 6) is 0. The Bertz CT molecular complexity index is 486. The molecule has 0 spiro atoms. The molecule has 20 heavy (non-hydrogen) atoms. The molecule has 0 aromatic heterocycles. The van der Waals surface area contributed by atoms with Gasteiger partial charge in [0.1, 0.15) is 0 Å². The van der Waals surface area contributed by atoms with Gasteiger partial charge in [0.2, 0.25) is 0 Å². The average Bonchev–Trinajstić information content (AvgIpc) is 2.41. The normalized spacial score (nSPS) is 8.00. The molecule has 2 aromatic carbocycles. The van der Waals surface area contributed by atoms with E-state index in [1.165, 1.54) is 12.4 Å². The third-order valence-electron chi connectivity index (χ3n) is 2.30. The molecular formula is C16H24N4. The van der Waals surface area contributed by atoms with E-state index < -0.39 is 0 Å². The molecule has 0 radical (unpaired) electrons. The number of para-hydroxylation sites is 2. The zero-order valence-corrected chi connectivity index (χ0v) is 9.93. The summed E-state index contributed by atoms with van der Waals surface area (Å²) in [5, 5.41) is 13.8. The van der Waals surface area contributed by atoms with Crippen LogP contribution in [0.2, 0.25) is 0 Å². The van der Waals surface area contributed by atoms with Crippen LogP contribution in [0.25, 0.3) is 0 Å². The van der Waals surface area contributed by atoms with E-state index in [4.69, 9.17) is 22.3 Å². The third kappa shape index (κ3) is 5.82. The van der Waals surface area contributed by atoms with Gasteiger partial charge in [-0.2, -0.15) is 0 Å². The number of anilines is 2. The van der Waals surface area contributed by atoms with Crippen LogP contribution >= 0.6 is 0 Å². The number of rotatable bonds is 2. The molecule has 4 heteroatoms. The second kappa shape index (κ2) is 10.3. The van der Waals surface area contributed by atoms with Gasteiger partial charge in [0.15, 0.2) is 0 Å². The van der Waals surface area contributed by atoms with Crippen LogP contribution in [-0.2, 0) is 0 Å². The Balaban J connectivity index is 0. The summed E-state index contributed by atoms with van der Waals surface area (Å²) in [4.78, 5) is 0. The van der Waals surface area contributed by atoms with Crippen LogP contribution in [0, 0.1) is 10.8 Å². The molecule has 6 N–H and O–H groups in total. The van der Waals surface area contributed by atoms with Gasteiger partial charge in [-0.25, -0.2) is 0 Å². The molecule has 0 unspecified atom stereocenters. The van der Waals surface area contributed by atoms with Crippen LogP contribution in [0.4, 0.5) is 11.4 Å². The second-order valence-electron chi connectivity index (χ2n) is 3.55. The van der Waals surface area contributed by atoms with Crippen LogP contribution in [0.5, 0.6) is 0 Å². The molecular weight excluding hydrogens is 248 g/mol. The van der Waals surface area contributed by atoms with Crippen molar-refractivity contribution in [3.8, 4) is 0 Å². The fourth-order valence-electron chi connectivity index (χ4n) is 1.28. The molecule has 0 atom stereocenters. The predicted octanol–water partition coefficient (Wildman–Crippen LogP) is 3.81. The van der Waals surface area contributed by atoms with Gasteiger partial charge in [0.25, 0.3) is 0 Å². The maximum atomic E-state index is 6.88. The molecule has 2 aromatic rings. The lowest BCUT2D eigenvalue weighted by Gasteiger charge is -1.94. The van der Waals surface area contributed by atoms with Gasteiger partial charge < -0.3 is 22.3 Å². The van der Waals surface area contributed by atoms with Crippen molar-refractivity contribution in [1.29, 1.82) is 10.8 Å². The van der Waals surface area contributed by atoms with Crippen LogP contribution in [0.3, 0.4) is 0 Å². The maximum absolute atomic E-state index is 6.88. The number of nitrogens with one attached hydrogen (secondary N) is 2. The first-order valence-corrected chi connectivity index (χ1v) is 5.39. The molecule has 0 aliphatic heterocycles. The van der Waals surface area contributed by atoms with Crippen molar-refractivity contribution in [2.24, 2.45) is 0 Å². The van der Waals surface area contributed by atoms with E-state index >= 15 is 0 Å². The summed E-state index contributed by atoms with van der Waals surface area (Å²) in [6.07, 6.45) is 2.49. The van der Waals surface area contributed by atoms with E-state index in [0.29, 0.717) is 11.4 Å². The highest BCUT2D eigenvalue weighted by Gasteiger charge is 1.89. The van der Waals surface area contributed by atoms with E-state index in [2.05, 4.69) is 0 Å². The van der Waals surface area contributed by atoms with Gasteiger partial charge in [-0.15, -0.1) is 0 Å². The maximum Gasteiger partial charge on any atom is 0.0402 e. The number of benzene rings is 2. The van der Waals surface area contributed by atoms with E-state index in [1.54, 1.807) is 12.1 Å². The lowest BCUT2D eigenvalue weighted by molar-refractivity contribution is 1.54. The van der Waals surface area contributed by atoms with Crippen molar-refractivity contribution >= 4 is 23.8 Å². The van der Waals surface area contributed by atoms with Crippen LogP contribution in [-0.4, -0.2) is 12.4 Å². The molecule has 0 saturated carbocycles. The van der Waals surface area contributed by atoms with Gasteiger partial charge in [-0.05, 0) is 12.1 Å². The minimum atomic E-state index is 0. The molecule has 2 rings (SSSR count). The van der Waals surface area contributed by atoms with Crippen molar-refractivity contribution in [3.63, 3.8) is 0 Å². The molecule has 0 aliphatic rings. The number of hydrogen-bond acceptors (Lipinski definition) is 4. The summed E-state index contributed by atoms with van der Waals surface area (Å²) in [6.45, 7) is 0. The summed E-state index contributed by atoms with van der Waals surface area (Å²) in [7, 11) is 0. The van der Waals surface area contributed by atoms with Crippen molar-refractivity contribution < 1.29 is 0 Å². The Labute approximate surface area is 121 Å². The fourth-order valence-corrected chi connectivity index (χ4v) is 1.28. The fraction of sp³-hybridized carbons (Fsp3) is 0.125. The van der Waals surface area contributed by atoms with E-state index in [1.807, 2.05) is 36.4 Å². The Morgan fingerprint density at radius 3 is 1.15 bits per heavy atom. The Kier molecular flexibility index (Phi) is 10.2. The zero-order chi connectivity index (χ0) is 13.4. The minimum absolute atomic E-state index is 0. The first kappa shape index (κ1) is 19.7. The average molecular weight is 272 g/mol. The molecule has 0 amide bonds. The first-order chi connectivity index (χ1) is 8.69. The highest BCUT2D eigenvalue weighted by atomic mass is 14.6. The van der Waals surface area contributed by atoms with Crippen molar-refractivity contribution in [2.45, 2.75) is 14.9 Å². The molecule has 0 bridgehead atoms. The molecule has 0 fully saturated rings. The topological polar surface area (TPSA) is 99.7 Å². The molecule has 108 valence electrons. The smallest absolute Gasteiger partial charge is 0.0402 e. The first-order valence-electron chi connectivity index (χ1n) is 5.39. The summed E-state index contributed by atoms with van der Waals surface area (Å²) in [5.41, 5.74) is 13.8. The summed E-state index contributed by atoms with van der Waals surface area (Å²) >= 11 is 0. The van der Waals surface area contributed by atoms with E-state index in [-0.39, 0.29) is 14.9 Å². The van der Waals surface area contributed by atoms with Gasteiger partial charge in [0.05, 0.1) is 0 Å². The van der Waals surface area contributed by atoms with Gasteiger partial charge >= 0.3 is 0 Å². The van der Waals surface area contributed by atoms with Crippen LogP contribution in [0.15, 0.2) is 48.5 Å². The number of nitrogens with two attached hydrogens (primary N) is 2. The lowest BCUT2D eigenvalue weighted by Crippen LogP contribution is -1.90. The predicted molar refractivity (Wildman–Crippen MR) is 90.9 cm³/mol. The van der Waals surface area contributed by atoms with Gasteiger partial charge in [-0.3, -0.25) is 0 Å². The Hall–Kier alpha value is -2.62. The van der Waals surface area contributed by atoms with Crippen LogP contribution < -0.4 is 11.5 Å². The van der Waals surface area contributed by atoms with Crippen molar-refractivity contribution in [1.82, 2.24) is 0 Å².